The molecule has 0 bridgehead atoms. The van der Waals surface area contributed by atoms with Gasteiger partial charge in [-0.2, -0.15) is 18.3 Å². The van der Waals surface area contributed by atoms with E-state index in [0.29, 0.717) is 19.4 Å². The highest BCUT2D eigenvalue weighted by Crippen LogP contribution is 2.37. The fraction of sp³-hybridized carbons (Fsp3) is 0.750. The Labute approximate surface area is 104 Å². The van der Waals surface area contributed by atoms with Crippen molar-refractivity contribution in [3.05, 3.63) is 18.0 Å². The summed E-state index contributed by atoms with van der Waals surface area (Å²) in [7, 11) is 1.79. The first-order valence-corrected chi connectivity index (χ1v) is 6.25. The van der Waals surface area contributed by atoms with Crippen LogP contribution >= 0.6 is 0 Å². The zero-order valence-corrected chi connectivity index (χ0v) is 10.4. The number of rotatable bonds is 3. The molecule has 0 amide bonds. The van der Waals surface area contributed by atoms with Crippen LogP contribution < -0.4 is 5.32 Å². The molecule has 0 aliphatic heterocycles. The van der Waals surface area contributed by atoms with Gasteiger partial charge in [-0.25, -0.2) is 0 Å². The second-order valence-corrected chi connectivity index (χ2v) is 4.90. The molecule has 6 heteroatoms. The lowest BCUT2D eigenvalue weighted by Gasteiger charge is -2.33. The van der Waals surface area contributed by atoms with Gasteiger partial charge in [0.2, 0.25) is 0 Å². The monoisotopic (exact) mass is 261 g/mol. The van der Waals surface area contributed by atoms with Gasteiger partial charge >= 0.3 is 6.18 Å². The highest BCUT2D eigenvalue weighted by Gasteiger charge is 2.45. The molecule has 0 spiro atoms. The highest BCUT2D eigenvalue weighted by molar-refractivity contribution is 4.99. The second-order valence-electron chi connectivity index (χ2n) is 4.90. The van der Waals surface area contributed by atoms with Gasteiger partial charge in [0.05, 0.1) is 11.6 Å². The molecule has 2 atom stereocenters. The zero-order valence-electron chi connectivity index (χ0n) is 10.4. The van der Waals surface area contributed by atoms with Gasteiger partial charge in [0.25, 0.3) is 0 Å². The Bertz CT molecular complexity index is 386. The predicted octanol–water partition coefficient (Wildman–Crippen LogP) is 2.63. The lowest BCUT2D eigenvalue weighted by molar-refractivity contribution is -0.189. The first-order valence-electron chi connectivity index (χ1n) is 6.25. The van der Waals surface area contributed by atoms with Crippen LogP contribution in [-0.4, -0.2) is 22.0 Å². The molecule has 2 unspecified atom stereocenters. The average Bonchev–Trinajstić information content (AvgIpc) is 2.72. The van der Waals surface area contributed by atoms with Crippen LogP contribution in [0.25, 0.3) is 0 Å². The molecule has 18 heavy (non-hydrogen) atoms. The van der Waals surface area contributed by atoms with Crippen molar-refractivity contribution >= 4 is 0 Å². The van der Waals surface area contributed by atoms with Crippen LogP contribution in [0.5, 0.6) is 0 Å². The number of aromatic nitrogens is 2. The van der Waals surface area contributed by atoms with Gasteiger partial charge in [0.15, 0.2) is 0 Å². The first kappa shape index (κ1) is 13.4. The van der Waals surface area contributed by atoms with Gasteiger partial charge in [-0.1, -0.05) is 12.8 Å². The molecule has 1 aliphatic carbocycles. The summed E-state index contributed by atoms with van der Waals surface area (Å²) < 4.78 is 40.2. The quantitative estimate of drug-likeness (QED) is 0.906. The first-order chi connectivity index (χ1) is 8.47. The molecule has 3 nitrogen and oxygen atoms in total. The molecule has 102 valence electrons. The number of nitrogens with one attached hydrogen (secondary N) is 1. The third-order valence-corrected chi connectivity index (χ3v) is 3.50. The van der Waals surface area contributed by atoms with E-state index in [1.165, 1.54) is 0 Å². The standard InChI is InChI=1S/C12H18F3N3/c1-18-7-6-9(17-18)8-16-11-5-3-2-4-10(11)12(13,14)15/h6-7,10-11,16H,2-5,8H2,1H3. The fourth-order valence-corrected chi connectivity index (χ4v) is 2.56. The van der Waals surface area contributed by atoms with Crippen molar-refractivity contribution in [2.24, 2.45) is 13.0 Å². The van der Waals surface area contributed by atoms with Crippen molar-refractivity contribution in [2.45, 2.75) is 44.4 Å². The van der Waals surface area contributed by atoms with E-state index in [2.05, 4.69) is 10.4 Å². The highest BCUT2D eigenvalue weighted by atomic mass is 19.4. The van der Waals surface area contributed by atoms with Gasteiger partial charge in [-0.3, -0.25) is 4.68 Å². The number of hydrogen-bond donors (Lipinski definition) is 1. The lowest BCUT2D eigenvalue weighted by atomic mass is 9.84. The van der Waals surface area contributed by atoms with Crippen molar-refractivity contribution in [1.29, 1.82) is 0 Å². The summed E-state index contributed by atoms with van der Waals surface area (Å²) >= 11 is 0. The number of alkyl halides is 3. The molecule has 1 aromatic heterocycles. The molecule has 2 rings (SSSR count). The minimum atomic E-state index is -4.10. The smallest absolute Gasteiger partial charge is 0.308 e. The average molecular weight is 261 g/mol. The Morgan fingerprint density at radius 1 is 1.39 bits per heavy atom. The van der Waals surface area contributed by atoms with Gasteiger partial charge in [0, 0.05) is 25.8 Å². The van der Waals surface area contributed by atoms with Crippen molar-refractivity contribution in [3.8, 4) is 0 Å². The van der Waals surface area contributed by atoms with Crippen LogP contribution in [0.1, 0.15) is 31.4 Å². The molecular weight excluding hydrogens is 243 g/mol. The van der Waals surface area contributed by atoms with E-state index < -0.39 is 18.1 Å². The Kier molecular flexibility index (Phi) is 3.94. The summed E-state index contributed by atoms with van der Waals surface area (Å²) in [5.74, 6) is -1.21. The topological polar surface area (TPSA) is 29.9 Å². The van der Waals surface area contributed by atoms with Crippen LogP contribution in [0.4, 0.5) is 13.2 Å². The van der Waals surface area contributed by atoms with E-state index in [1.807, 2.05) is 6.07 Å². The maximum atomic E-state index is 12.9. The summed E-state index contributed by atoms with van der Waals surface area (Å²) in [6.45, 7) is 0.401. The largest absolute Gasteiger partial charge is 0.393 e. The lowest BCUT2D eigenvalue weighted by Crippen LogP contribution is -2.45. The maximum Gasteiger partial charge on any atom is 0.393 e. The van der Waals surface area contributed by atoms with Gasteiger partial charge in [0.1, 0.15) is 0 Å². The number of halogens is 3. The molecular formula is C12H18F3N3. The van der Waals surface area contributed by atoms with Gasteiger partial charge < -0.3 is 5.32 Å². The van der Waals surface area contributed by atoms with Crippen LogP contribution in [0.2, 0.25) is 0 Å². The van der Waals surface area contributed by atoms with E-state index in [1.54, 1.807) is 17.9 Å². The molecule has 1 fully saturated rings. The molecule has 1 aromatic rings. The van der Waals surface area contributed by atoms with Crippen LogP contribution in [-0.2, 0) is 13.6 Å². The van der Waals surface area contributed by atoms with Gasteiger partial charge in [-0.05, 0) is 18.9 Å². The zero-order chi connectivity index (χ0) is 13.2. The van der Waals surface area contributed by atoms with E-state index >= 15 is 0 Å². The molecule has 1 N–H and O–H groups in total. The summed E-state index contributed by atoms with van der Waals surface area (Å²) in [5, 5.41) is 7.17. The normalized spacial score (nSPS) is 25.3. The molecule has 1 heterocycles. The summed E-state index contributed by atoms with van der Waals surface area (Å²) in [6.07, 6.45) is 0.0696. The number of aryl methyl sites for hydroxylation is 1. The maximum absolute atomic E-state index is 12.9. The third-order valence-electron chi connectivity index (χ3n) is 3.50. The number of nitrogens with zero attached hydrogens (tertiary/aromatic N) is 2. The van der Waals surface area contributed by atoms with E-state index in [9.17, 15) is 13.2 Å². The predicted molar refractivity (Wildman–Crippen MR) is 61.8 cm³/mol. The Morgan fingerprint density at radius 2 is 2.11 bits per heavy atom. The molecule has 0 aromatic carbocycles. The van der Waals surface area contributed by atoms with Crippen LogP contribution in [0.15, 0.2) is 12.3 Å². The number of hydrogen-bond acceptors (Lipinski definition) is 2. The van der Waals surface area contributed by atoms with Crippen LogP contribution in [0.3, 0.4) is 0 Å². The van der Waals surface area contributed by atoms with Gasteiger partial charge in [-0.15, -0.1) is 0 Å². The second kappa shape index (κ2) is 5.30. The van der Waals surface area contributed by atoms with Crippen molar-refractivity contribution in [1.82, 2.24) is 15.1 Å². The molecule has 1 aliphatic rings. The summed E-state index contributed by atoms with van der Waals surface area (Å²) in [4.78, 5) is 0. The Hall–Kier alpha value is -1.04. The fourth-order valence-electron chi connectivity index (χ4n) is 2.56. The van der Waals surface area contributed by atoms with E-state index in [-0.39, 0.29) is 6.42 Å². The Balaban J connectivity index is 1.93. The summed E-state index contributed by atoms with van der Waals surface area (Å²) in [5.41, 5.74) is 0.781. The van der Waals surface area contributed by atoms with Crippen molar-refractivity contribution in [2.75, 3.05) is 0 Å². The minimum absolute atomic E-state index is 0.239. The Morgan fingerprint density at radius 3 is 2.72 bits per heavy atom. The molecule has 1 saturated carbocycles. The molecule has 0 radical (unpaired) electrons. The van der Waals surface area contributed by atoms with Crippen LogP contribution in [0, 0.1) is 5.92 Å². The van der Waals surface area contributed by atoms with Crippen molar-refractivity contribution < 1.29 is 13.2 Å². The molecule has 0 saturated heterocycles. The van der Waals surface area contributed by atoms with Crippen molar-refractivity contribution in [3.63, 3.8) is 0 Å². The SMILES string of the molecule is Cn1ccc(CNC2CCCCC2C(F)(F)F)n1. The third kappa shape index (κ3) is 3.25. The van der Waals surface area contributed by atoms with E-state index in [0.717, 1.165) is 12.1 Å². The minimum Gasteiger partial charge on any atom is -0.308 e. The summed E-state index contributed by atoms with van der Waals surface area (Å²) in [6, 6.07) is 1.35. The van der Waals surface area contributed by atoms with E-state index in [4.69, 9.17) is 0 Å².